The summed E-state index contributed by atoms with van der Waals surface area (Å²) in [6.45, 7) is 0.797. The molecular formula is C28H30F9N7O2. The first-order valence-corrected chi connectivity index (χ1v) is 14.5. The summed E-state index contributed by atoms with van der Waals surface area (Å²) in [7, 11) is 0. The summed E-state index contributed by atoms with van der Waals surface area (Å²) in [4.78, 5) is 32.1. The highest BCUT2D eigenvalue weighted by Gasteiger charge is 2.71. The third-order valence-electron chi connectivity index (χ3n) is 8.76. The maximum atomic E-state index is 14.3. The van der Waals surface area contributed by atoms with E-state index in [1.165, 1.54) is 6.07 Å². The zero-order valence-electron chi connectivity index (χ0n) is 24.3. The molecule has 2 saturated carbocycles. The molecule has 2 aromatic heterocycles. The van der Waals surface area contributed by atoms with Crippen molar-refractivity contribution in [2.45, 2.75) is 94.3 Å². The number of hydrogen-bond donors (Lipinski definition) is 3. The number of carbonyl (C=O) groups excluding carboxylic acids is 2. The quantitative estimate of drug-likeness (QED) is 0.228. The van der Waals surface area contributed by atoms with E-state index in [0.29, 0.717) is 16.6 Å². The maximum Gasteiger partial charge on any atom is 0.389 e. The Kier molecular flexibility index (Phi) is 8.55. The van der Waals surface area contributed by atoms with E-state index in [9.17, 15) is 49.1 Å². The van der Waals surface area contributed by atoms with Crippen molar-refractivity contribution < 1.29 is 49.1 Å². The summed E-state index contributed by atoms with van der Waals surface area (Å²) in [6.07, 6.45) is -8.91. The Morgan fingerprint density at radius 2 is 1.80 bits per heavy atom. The standard InChI is InChI=1S/C28H30F9N7O2/c1-13(39-19(45)6-9-27(33,34)35)15-2-3-17-18(10-15)41-24(40-17)20(14-4-7-25(29,30)8-5-14)22-21(23(38)46)42-43-44(22)12-16-11-26(31,32)28(16,36)37/h2-3,10,13-14,16,20H,4-9,11-12H2,1H3,(H2,38,46)(H,39,45)(H,40,41)/t13-,16?,20+/m1/s1. The number of aromatic amines is 1. The third kappa shape index (κ3) is 6.65. The van der Waals surface area contributed by atoms with Crippen molar-refractivity contribution in [3.8, 4) is 0 Å². The van der Waals surface area contributed by atoms with Crippen molar-refractivity contribution in [2.24, 2.45) is 17.6 Å². The highest BCUT2D eigenvalue weighted by Crippen LogP contribution is 2.56. The monoisotopic (exact) mass is 667 g/mol. The number of nitrogens with zero attached hydrogens (tertiary/aromatic N) is 4. The molecule has 3 atom stereocenters. The topological polar surface area (TPSA) is 132 Å². The van der Waals surface area contributed by atoms with Crippen LogP contribution in [0.3, 0.4) is 0 Å². The Hall–Kier alpha value is -3.86. The number of primary amides is 1. The summed E-state index contributed by atoms with van der Waals surface area (Å²) in [5.74, 6) is -16.9. The Labute approximate surface area is 255 Å². The van der Waals surface area contributed by atoms with Crippen molar-refractivity contribution in [1.82, 2.24) is 30.3 Å². The lowest BCUT2D eigenvalue weighted by atomic mass is 9.75. The van der Waals surface area contributed by atoms with Gasteiger partial charge < -0.3 is 16.0 Å². The fourth-order valence-electron chi connectivity index (χ4n) is 6.16. The Balaban J connectivity index is 1.50. The average Bonchev–Trinajstić information content (AvgIpc) is 3.56. The number of H-pyrrole nitrogens is 1. The molecule has 9 nitrogen and oxygen atoms in total. The summed E-state index contributed by atoms with van der Waals surface area (Å²) < 4.78 is 123. The van der Waals surface area contributed by atoms with Gasteiger partial charge in [-0.1, -0.05) is 11.3 Å². The molecule has 1 aromatic carbocycles. The van der Waals surface area contributed by atoms with Gasteiger partial charge in [0.1, 0.15) is 5.82 Å². The number of imidazole rings is 1. The molecule has 5 rings (SSSR count). The lowest BCUT2D eigenvalue weighted by Gasteiger charge is -2.43. The van der Waals surface area contributed by atoms with E-state index in [1.807, 2.05) is 0 Å². The van der Waals surface area contributed by atoms with E-state index in [2.05, 4.69) is 25.6 Å². The second-order valence-electron chi connectivity index (χ2n) is 12.1. The number of nitrogens with one attached hydrogen (secondary N) is 2. The number of benzene rings is 1. The molecule has 46 heavy (non-hydrogen) atoms. The van der Waals surface area contributed by atoms with E-state index in [-0.39, 0.29) is 24.4 Å². The summed E-state index contributed by atoms with van der Waals surface area (Å²) in [5, 5.41) is 10.00. The SMILES string of the molecule is C[C@@H](NC(=O)CCC(F)(F)F)c1ccc2nc([C@H](c3c(C(N)=O)nnn3CC3CC(F)(F)C3(F)F)C3CCC(F)(F)CC3)[nH]c2c1. The molecule has 4 N–H and O–H groups in total. The van der Waals surface area contributed by atoms with Crippen LogP contribution < -0.4 is 11.1 Å². The number of halogens is 9. The number of nitrogens with two attached hydrogens (primary N) is 1. The minimum atomic E-state index is -4.50. The van der Waals surface area contributed by atoms with Crippen LogP contribution in [0.5, 0.6) is 0 Å². The van der Waals surface area contributed by atoms with Crippen molar-refractivity contribution in [3.63, 3.8) is 0 Å². The predicted molar refractivity (Wildman–Crippen MR) is 143 cm³/mol. The van der Waals surface area contributed by atoms with Gasteiger partial charge in [0.2, 0.25) is 11.8 Å². The molecule has 0 bridgehead atoms. The van der Waals surface area contributed by atoms with E-state index in [1.54, 1.807) is 19.1 Å². The Morgan fingerprint density at radius 3 is 2.39 bits per heavy atom. The van der Waals surface area contributed by atoms with E-state index >= 15 is 0 Å². The van der Waals surface area contributed by atoms with Gasteiger partial charge in [-0.3, -0.25) is 9.59 Å². The molecule has 2 aliphatic rings. The van der Waals surface area contributed by atoms with E-state index in [0.717, 1.165) is 4.68 Å². The molecule has 2 amide bonds. The molecule has 0 radical (unpaired) electrons. The van der Waals surface area contributed by atoms with Crippen LogP contribution in [0.15, 0.2) is 18.2 Å². The molecule has 18 heteroatoms. The molecule has 2 fully saturated rings. The largest absolute Gasteiger partial charge is 0.389 e. The summed E-state index contributed by atoms with van der Waals surface area (Å²) >= 11 is 0. The lowest BCUT2D eigenvalue weighted by Crippen LogP contribution is -2.60. The molecule has 1 unspecified atom stereocenters. The van der Waals surface area contributed by atoms with Gasteiger partial charge in [0, 0.05) is 25.7 Å². The number of carbonyl (C=O) groups is 2. The van der Waals surface area contributed by atoms with Crippen LogP contribution in [0.4, 0.5) is 39.5 Å². The fraction of sp³-hybridized carbons (Fsp3) is 0.607. The smallest absolute Gasteiger partial charge is 0.364 e. The number of amides is 2. The highest BCUT2D eigenvalue weighted by atomic mass is 19.4. The highest BCUT2D eigenvalue weighted by molar-refractivity contribution is 5.92. The summed E-state index contributed by atoms with van der Waals surface area (Å²) in [5.41, 5.74) is 6.14. The second-order valence-corrected chi connectivity index (χ2v) is 12.1. The maximum absolute atomic E-state index is 14.3. The molecule has 0 aliphatic heterocycles. The second kappa shape index (κ2) is 11.7. The average molecular weight is 668 g/mol. The van der Waals surface area contributed by atoms with Gasteiger partial charge >= 0.3 is 18.0 Å². The molecule has 0 saturated heterocycles. The van der Waals surface area contributed by atoms with Gasteiger partial charge in [-0.05, 0) is 43.4 Å². The van der Waals surface area contributed by atoms with Crippen LogP contribution in [-0.4, -0.2) is 60.7 Å². The van der Waals surface area contributed by atoms with Crippen LogP contribution in [0.2, 0.25) is 0 Å². The molecule has 0 spiro atoms. The van der Waals surface area contributed by atoms with E-state index in [4.69, 9.17) is 5.73 Å². The Bertz CT molecular complexity index is 1610. The van der Waals surface area contributed by atoms with Gasteiger partial charge in [0.05, 0.1) is 47.6 Å². The third-order valence-corrected chi connectivity index (χ3v) is 8.76. The van der Waals surface area contributed by atoms with Crippen molar-refractivity contribution in [1.29, 1.82) is 0 Å². The molecule has 2 aliphatic carbocycles. The molecule has 252 valence electrons. The van der Waals surface area contributed by atoms with Crippen LogP contribution in [0, 0.1) is 11.8 Å². The van der Waals surface area contributed by atoms with Gasteiger partial charge in [-0.15, -0.1) is 5.10 Å². The van der Waals surface area contributed by atoms with Gasteiger partial charge in [0.15, 0.2) is 5.69 Å². The van der Waals surface area contributed by atoms with Crippen LogP contribution in [0.25, 0.3) is 11.0 Å². The normalized spacial score (nSPS) is 22.3. The van der Waals surface area contributed by atoms with Crippen LogP contribution in [-0.2, 0) is 11.3 Å². The lowest BCUT2D eigenvalue weighted by molar-refractivity contribution is -0.316. The van der Waals surface area contributed by atoms with Crippen LogP contribution in [0.1, 0.15) is 91.4 Å². The predicted octanol–water partition coefficient (Wildman–Crippen LogP) is 6.02. The van der Waals surface area contributed by atoms with Crippen molar-refractivity contribution >= 4 is 22.8 Å². The zero-order chi connectivity index (χ0) is 33.8. The van der Waals surface area contributed by atoms with Gasteiger partial charge in [-0.25, -0.2) is 18.4 Å². The van der Waals surface area contributed by atoms with Crippen molar-refractivity contribution in [3.05, 3.63) is 41.0 Å². The van der Waals surface area contributed by atoms with Gasteiger partial charge in [-0.2, -0.15) is 30.7 Å². The first kappa shape index (κ1) is 33.5. The van der Waals surface area contributed by atoms with Crippen molar-refractivity contribution in [2.75, 3.05) is 0 Å². The minimum absolute atomic E-state index is 0.0814. The number of alkyl halides is 9. The number of rotatable bonds is 10. The van der Waals surface area contributed by atoms with Crippen LogP contribution >= 0.6 is 0 Å². The number of fused-ring (bicyclic) bond motifs is 1. The first-order valence-electron chi connectivity index (χ1n) is 14.5. The summed E-state index contributed by atoms with van der Waals surface area (Å²) in [6, 6.07) is 3.95. The number of aromatic nitrogens is 5. The fourth-order valence-corrected chi connectivity index (χ4v) is 6.16. The number of hydrogen-bond acceptors (Lipinski definition) is 5. The zero-order valence-corrected chi connectivity index (χ0v) is 24.3. The molecular weight excluding hydrogens is 637 g/mol. The minimum Gasteiger partial charge on any atom is -0.364 e. The molecule has 2 heterocycles. The first-order chi connectivity index (χ1) is 21.3. The molecule has 3 aromatic rings. The Morgan fingerprint density at radius 1 is 1.13 bits per heavy atom. The van der Waals surface area contributed by atoms with E-state index < -0.39 is 104 Å². The van der Waals surface area contributed by atoms with Gasteiger partial charge in [0.25, 0.3) is 5.91 Å².